The summed E-state index contributed by atoms with van der Waals surface area (Å²) in [5.74, 6) is -0.740. The molecule has 2 N–H and O–H groups in total. The molecule has 27 heavy (non-hydrogen) atoms. The lowest BCUT2D eigenvalue weighted by molar-refractivity contribution is -0.137. The Hall–Kier alpha value is -2.18. The zero-order chi connectivity index (χ0) is 19.4. The fourth-order valence-corrected chi connectivity index (χ4v) is 4.81. The number of fused-ring (bicyclic) bond motifs is 2. The number of anilines is 1. The topological polar surface area (TPSA) is 69.6 Å². The van der Waals surface area contributed by atoms with Crippen LogP contribution in [0.2, 0.25) is 0 Å². The first-order valence-electron chi connectivity index (χ1n) is 9.29. The first-order valence-corrected chi connectivity index (χ1v) is 10.4. The van der Waals surface area contributed by atoms with Crippen molar-refractivity contribution in [2.45, 2.75) is 43.5 Å². The summed E-state index contributed by atoms with van der Waals surface area (Å²) >= 11 is 0. The summed E-state index contributed by atoms with van der Waals surface area (Å²) in [7, 11) is 0.613. The summed E-state index contributed by atoms with van der Waals surface area (Å²) in [6.45, 7) is 2.79. The number of hydrogen-bond donors (Lipinski definition) is 2. The number of aliphatic carboxylic acids is 1. The Morgan fingerprint density at radius 1 is 1.15 bits per heavy atom. The van der Waals surface area contributed by atoms with Gasteiger partial charge >= 0.3 is 5.97 Å². The van der Waals surface area contributed by atoms with E-state index in [1.54, 1.807) is 0 Å². The Kier molecular flexibility index (Phi) is 6.29. The number of carbonyl (C=O) groups is 1. The van der Waals surface area contributed by atoms with Crippen LogP contribution in [0.3, 0.4) is 0 Å². The van der Waals surface area contributed by atoms with Gasteiger partial charge in [-0.25, -0.2) is 4.21 Å². The summed E-state index contributed by atoms with van der Waals surface area (Å²) in [5.41, 5.74) is 4.21. The largest absolute Gasteiger partial charge is 0.481 e. The molecule has 3 rings (SSSR count). The van der Waals surface area contributed by atoms with E-state index in [1.165, 1.54) is 0 Å². The van der Waals surface area contributed by atoms with Gasteiger partial charge < -0.3 is 10.4 Å². The highest BCUT2D eigenvalue weighted by molar-refractivity contribution is 7.86. The van der Waals surface area contributed by atoms with Crippen molar-refractivity contribution in [1.82, 2.24) is 5.32 Å². The number of para-hydroxylation sites is 1. The second-order valence-electron chi connectivity index (χ2n) is 6.94. The minimum absolute atomic E-state index is 0.0369. The molecular weight excluding hydrogens is 360 g/mol. The van der Waals surface area contributed by atoms with Gasteiger partial charge in [0.25, 0.3) is 0 Å². The second kappa shape index (κ2) is 8.67. The van der Waals surface area contributed by atoms with E-state index in [9.17, 15) is 9.00 Å². The zero-order valence-corrected chi connectivity index (χ0v) is 16.6. The summed E-state index contributed by atoms with van der Waals surface area (Å²) in [6.07, 6.45) is 2.70. The maximum atomic E-state index is 13.1. The Bertz CT molecular complexity index is 853. The van der Waals surface area contributed by atoms with Gasteiger partial charge in [-0.2, -0.15) is 0 Å². The smallest absolute Gasteiger partial charge is 0.303 e. The van der Waals surface area contributed by atoms with Crippen LogP contribution in [-0.2, 0) is 15.8 Å². The first kappa shape index (κ1) is 19.6. The molecule has 6 heteroatoms. The third-order valence-electron chi connectivity index (χ3n) is 4.92. The fourth-order valence-electron chi connectivity index (χ4n) is 3.50. The molecule has 1 heterocycles. The number of nitrogens with zero attached hydrogens (tertiary/aromatic N) is 1. The molecule has 0 saturated heterocycles. The van der Waals surface area contributed by atoms with E-state index in [1.807, 2.05) is 42.5 Å². The number of carboxylic acid groups (broad SMARTS) is 1. The van der Waals surface area contributed by atoms with Crippen LogP contribution < -0.4 is 9.62 Å². The molecule has 2 unspecified atom stereocenters. The summed E-state index contributed by atoms with van der Waals surface area (Å²) in [6, 6.07) is 14.2. The standard InChI is InChI=1S/C21H26N2O3S/c1-15-11-12-17-19(14-15)27(26)23(2)18-9-6-5-8-16(18)21(17)22-13-7-3-4-10-20(24)25/h5-6,8-9,11-12,14,21-22H,3-4,7,10,13H2,1-2H3,(H,24,25). The Morgan fingerprint density at radius 2 is 1.93 bits per heavy atom. The lowest BCUT2D eigenvalue weighted by Gasteiger charge is -2.22. The van der Waals surface area contributed by atoms with E-state index in [4.69, 9.17) is 5.11 Å². The van der Waals surface area contributed by atoms with Gasteiger partial charge in [-0.3, -0.25) is 9.10 Å². The number of aryl methyl sites for hydroxylation is 1. The molecule has 1 aliphatic rings. The van der Waals surface area contributed by atoms with Crippen molar-refractivity contribution in [3.8, 4) is 0 Å². The normalized spacial score (nSPS) is 18.5. The molecule has 2 atom stereocenters. The van der Waals surface area contributed by atoms with E-state index in [0.717, 1.165) is 46.7 Å². The number of benzene rings is 2. The van der Waals surface area contributed by atoms with Gasteiger partial charge in [0.1, 0.15) is 0 Å². The molecule has 0 saturated carbocycles. The van der Waals surface area contributed by atoms with Gasteiger partial charge in [0.15, 0.2) is 11.0 Å². The predicted octanol–water partition coefficient (Wildman–Crippen LogP) is 3.79. The van der Waals surface area contributed by atoms with Crippen LogP contribution in [0.25, 0.3) is 0 Å². The second-order valence-corrected chi connectivity index (χ2v) is 8.42. The Morgan fingerprint density at radius 3 is 2.70 bits per heavy atom. The number of rotatable bonds is 7. The average molecular weight is 387 g/mol. The van der Waals surface area contributed by atoms with E-state index >= 15 is 0 Å². The van der Waals surface area contributed by atoms with Gasteiger partial charge in [0, 0.05) is 13.5 Å². The van der Waals surface area contributed by atoms with E-state index in [2.05, 4.69) is 23.5 Å². The quantitative estimate of drug-likeness (QED) is 0.711. The van der Waals surface area contributed by atoms with Crippen molar-refractivity contribution in [3.63, 3.8) is 0 Å². The first-order chi connectivity index (χ1) is 13.0. The molecule has 0 bridgehead atoms. The van der Waals surface area contributed by atoms with Crippen LogP contribution in [0.5, 0.6) is 0 Å². The molecule has 0 aromatic heterocycles. The monoisotopic (exact) mass is 386 g/mol. The van der Waals surface area contributed by atoms with Crippen LogP contribution in [0, 0.1) is 6.92 Å². The highest BCUT2D eigenvalue weighted by atomic mass is 32.2. The minimum Gasteiger partial charge on any atom is -0.481 e. The molecule has 2 aromatic carbocycles. The molecule has 1 aliphatic heterocycles. The average Bonchev–Trinajstić information content (AvgIpc) is 2.74. The number of hydrogen-bond acceptors (Lipinski definition) is 3. The van der Waals surface area contributed by atoms with Crippen LogP contribution >= 0.6 is 0 Å². The lowest BCUT2D eigenvalue weighted by Crippen LogP contribution is -2.24. The third kappa shape index (κ3) is 4.39. The SMILES string of the molecule is Cc1ccc2c(c1)S(=O)N(C)c1ccccc1C2NCCCCCC(=O)O. The van der Waals surface area contributed by atoms with Crippen molar-refractivity contribution >= 4 is 22.6 Å². The van der Waals surface area contributed by atoms with E-state index < -0.39 is 17.0 Å². The molecule has 0 fully saturated rings. The van der Waals surface area contributed by atoms with Crippen molar-refractivity contribution in [2.24, 2.45) is 0 Å². The minimum atomic E-state index is -1.26. The highest BCUT2D eigenvalue weighted by Crippen LogP contribution is 2.38. The fraction of sp³-hybridized carbons (Fsp3) is 0.381. The molecule has 0 spiro atoms. The Balaban J connectivity index is 1.86. The molecule has 5 nitrogen and oxygen atoms in total. The van der Waals surface area contributed by atoms with Gasteiger partial charge in [-0.15, -0.1) is 0 Å². The summed E-state index contributed by atoms with van der Waals surface area (Å²) in [4.78, 5) is 11.5. The van der Waals surface area contributed by atoms with E-state index in [0.29, 0.717) is 6.42 Å². The van der Waals surface area contributed by atoms with Gasteiger partial charge in [-0.1, -0.05) is 36.8 Å². The van der Waals surface area contributed by atoms with Gasteiger partial charge in [0.2, 0.25) is 0 Å². The zero-order valence-electron chi connectivity index (χ0n) is 15.8. The summed E-state index contributed by atoms with van der Waals surface area (Å²) in [5, 5.41) is 12.4. The molecule has 144 valence electrons. The molecular formula is C21H26N2O3S. The van der Waals surface area contributed by atoms with Gasteiger partial charge in [0.05, 0.1) is 16.6 Å². The molecule has 0 aliphatic carbocycles. The number of carboxylic acids is 1. The van der Waals surface area contributed by atoms with Crippen LogP contribution in [-0.4, -0.2) is 28.9 Å². The Labute approximate surface area is 163 Å². The highest BCUT2D eigenvalue weighted by Gasteiger charge is 2.29. The van der Waals surface area contributed by atoms with Gasteiger partial charge in [-0.05, 0) is 55.1 Å². The van der Waals surface area contributed by atoms with Crippen molar-refractivity contribution in [1.29, 1.82) is 0 Å². The van der Waals surface area contributed by atoms with Crippen molar-refractivity contribution in [2.75, 3.05) is 17.9 Å². The lowest BCUT2D eigenvalue weighted by atomic mass is 9.96. The van der Waals surface area contributed by atoms with E-state index in [-0.39, 0.29) is 12.5 Å². The van der Waals surface area contributed by atoms with Crippen molar-refractivity contribution < 1.29 is 14.1 Å². The number of nitrogens with one attached hydrogen (secondary N) is 1. The maximum absolute atomic E-state index is 13.1. The van der Waals surface area contributed by atoms with Crippen LogP contribution in [0.4, 0.5) is 5.69 Å². The molecule has 2 aromatic rings. The number of unbranched alkanes of at least 4 members (excludes halogenated alkanes) is 2. The molecule has 0 amide bonds. The maximum Gasteiger partial charge on any atom is 0.303 e. The third-order valence-corrected chi connectivity index (χ3v) is 6.34. The predicted molar refractivity (Wildman–Crippen MR) is 108 cm³/mol. The van der Waals surface area contributed by atoms with Crippen molar-refractivity contribution in [3.05, 3.63) is 59.2 Å². The molecule has 0 radical (unpaired) electrons. The van der Waals surface area contributed by atoms with Crippen LogP contribution in [0.15, 0.2) is 47.4 Å². The summed E-state index contributed by atoms with van der Waals surface area (Å²) < 4.78 is 15.0. The van der Waals surface area contributed by atoms with Crippen LogP contribution in [0.1, 0.15) is 48.4 Å².